The molecule has 136 valence electrons. The van der Waals surface area contributed by atoms with Crippen molar-refractivity contribution in [2.45, 2.75) is 18.9 Å². The molecule has 0 radical (unpaired) electrons. The highest BCUT2D eigenvalue weighted by molar-refractivity contribution is 5.93. The molecule has 26 heavy (non-hydrogen) atoms. The fraction of sp³-hybridized carbons (Fsp3) is 0.450. The van der Waals surface area contributed by atoms with E-state index < -0.39 is 0 Å². The van der Waals surface area contributed by atoms with E-state index >= 15 is 0 Å². The molecule has 2 aromatic rings. The summed E-state index contributed by atoms with van der Waals surface area (Å²) in [6.45, 7) is 1.60. The van der Waals surface area contributed by atoms with E-state index in [1.807, 2.05) is 54.2 Å². The molecule has 0 N–H and O–H groups in total. The van der Waals surface area contributed by atoms with Crippen LogP contribution in [0.25, 0.3) is 0 Å². The van der Waals surface area contributed by atoms with Crippen molar-refractivity contribution < 1.29 is 9.53 Å². The Labute approximate surface area is 153 Å². The number of carbonyl (C=O) groups excluding carboxylic acids is 1. The van der Waals surface area contributed by atoms with Gasteiger partial charge in [0, 0.05) is 39.6 Å². The van der Waals surface area contributed by atoms with Crippen LogP contribution in [0.5, 0.6) is 5.75 Å². The molecule has 1 amide bonds. The van der Waals surface area contributed by atoms with Gasteiger partial charge in [0.1, 0.15) is 5.75 Å². The molecule has 0 bridgehead atoms. The summed E-state index contributed by atoms with van der Waals surface area (Å²) in [5, 5.41) is 0. The topological polar surface area (TPSA) is 58.6 Å². The van der Waals surface area contributed by atoms with Crippen molar-refractivity contribution >= 4 is 11.9 Å². The van der Waals surface area contributed by atoms with Gasteiger partial charge in [0.15, 0.2) is 0 Å². The zero-order chi connectivity index (χ0) is 18.1. The maximum atomic E-state index is 12.7. The third kappa shape index (κ3) is 3.36. The molecule has 3 atom stereocenters. The Bertz CT molecular complexity index is 749. The molecule has 2 heterocycles. The quantitative estimate of drug-likeness (QED) is 0.846. The van der Waals surface area contributed by atoms with Gasteiger partial charge < -0.3 is 14.5 Å². The largest absolute Gasteiger partial charge is 0.490 e. The van der Waals surface area contributed by atoms with E-state index in [9.17, 15) is 4.79 Å². The highest BCUT2D eigenvalue weighted by Gasteiger charge is 2.43. The van der Waals surface area contributed by atoms with Gasteiger partial charge in [0.25, 0.3) is 5.91 Å². The summed E-state index contributed by atoms with van der Waals surface area (Å²) in [7, 11) is 3.76. The zero-order valence-electron chi connectivity index (χ0n) is 15.2. The maximum absolute atomic E-state index is 12.7. The Morgan fingerprint density at radius 2 is 1.69 bits per heavy atom. The molecule has 1 aliphatic heterocycles. The molecule has 6 nitrogen and oxygen atoms in total. The predicted molar refractivity (Wildman–Crippen MR) is 99.3 cm³/mol. The van der Waals surface area contributed by atoms with Gasteiger partial charge in [-0.15, -0.1) is 0 Å². The van der Waals surface area contributed by atoms with Gasteiger partial charge in [0.05, 0.1) is 11.7 Å². The summed E-state index contributed by atoms with van der Waals surface area (Å²) < 4.78 is 6.10. The fourth-order valence-electron chi connectivity index (χ4n) is 4.04. The highest BCUT2D eigenvalue weighted by Crippen LogP contribution is 2.40. The fourth-order valence-corrected chi connectivity index (χ4v) is 4.04. The molecule has 2 aliphatic rings. The minimum absolute atomic E-state index is 0.0326. The van der Waals surface area contributed by atoms with Gasteiger partial charge in [-0.1, -0.05) is 18.2 Å². The third-order valence-electron chi connectivity index (χ3n) is 5.33. The van der Waals surface area contributed by atoms with E-state index in [1.54, 1.807) is 12.4 Å². The van der Waals surface area contributed by atoms with Gasteiger partial charge >= 0.3 is 0 Å². The van der Waals surface area contributed by atoms with Gasteiger partial charge in [-0.05, 0) is 36.8 Å². The van der Waals surface area contributed by atoms with E-state index in [4.69, 9.17) is 4.74 Å². The minimum Gasteiger partial charge on any atom is -0.490 e. The standard InChI is InChI=1S/C20H24N4O2/c1-23(2)20-21-10-16(11-22-20)19(25)24-12-14-8-18(9-15(14)13-24)26-17-6-4-3-5-7-17/h3-7,10-11,14-15,18H,8-9,12-13H2,1-2H3/t14-,15+,18?. The molecular formula is C20H24N4O2. The third-order valence-corrected chi connectivity index (χ3v) is 5.33. The van der Waals surface area contributed by atoms with Crippen molar-refractivity contribution in [2.24, 2.45) is 11.8 Å². The van der Waals surface area contributed by atoms with Crippen LogP contribution in [0.15, 0.2) is 42.7 Å². The van der Waals surface area contributed by atoms with Crippen molar-refractivity contribution in [2.75, 3.05) is 32.1 Å². The monoisotopic (exact) mass is 352 g/mol. The highest BCUT2D eigenvalue weighted by atomic mass is 16.5. The predicted octanol–water partition coefficient (Wildman–Crippen LogP) is 2.47. The van der Waals surface area contributed by atoms with Crippen molar-refractivity contribution in [1.82, 2.24) is 14.9 Å². The van der Waals surface area contributed by atoms with Crippen LogP contribution in [0.3, 0.4) is 0 Å². The van der Waals surface area contributed by atoms with Crippen LogP contribution in [-0.2, 0) is 0 Å². The molecule has 6 heteroatoms. The number of likely N-dealkylation sites (tertiary alicyclic amines) is 1. The van der Waals surface area contributed by atoms with Gasteiger partial charge in [0.2, 0.25) is 5.95 Å². The Balaban J connectivity index is 1.34. The Morgan fingerprint density at radius 1 is 1.08 bits per heavy atom. The molecule has 0 spiro atoms. The number of fused-ring (bicyclic) bond motifs is 1. The summed E-state index contributed by atoms with van der Waals surface area (Å²) in [4.78, 5) is 25.0. The number of anilines is 1. The Morgan fingerprint density at radius 3 is 2.27 bits per heavy atom. The van der Waals surface area contributed by atoms with Crippen LogP contribution < -0.4 is 9.64 Å². The van der Waals surface area contributed by atoms with E-state index in [0.717, 1.165) is 31.7 Å². The zero-order valence-corrected chi connectivity index (χ0v) is 15.2. The second kappa shape index (κ2) is 6.94. The molecule has 1 aromatic heterocycles. The first-order chi connectivity index (χ1) is 12.6. The minimum atomic E-state index is 0.0326. The van der Waals surface area contributed by atoms with Crippen LogP contribution in [0.4, 0.5) is 5.95 Å². The Kier molecular flexibility index (Phi) is 4.49. The van der Waals surface area contributed by atoms with Crippen LogP contribution >= 0.6 is 0 Å². The first kappa shape index (κ1) is 16.8. The lowest BCUT2D eigenvalue weighted by Crippen LogP contribution is -2.31. The summed E-state index contributed by atoms with van der Waals surface area (Å²) in [6, 6.07) is 9.99. The number of amides is 1. The van der Waals surface area contributed by atoms with Crippen LogP contribution in [0.1, 0.15) is 23.2 Å². The number of benzene rings is 1. The number of carbonyl (C=O) groups is 1. The summed E-state index contributed by atoms with van der Waals surface area (Å²) in [5.41, 5.74) is 0.563. The average Bonchev–Trinajstić information content (AvgIpc) is 3.20. The maximum Gasteiger partial charge on any atom is 0.257 e. The second-order valence-corrected chi connectivity index (χ2v) is 7.42. The second-order valence-electron chi connectivity index (χ2n) is 7.42. The smallest absolute Gasteiger partial charge is 0.257 e. The van der Waals surface area contributed by atoms with Gasteiger partial charge in [-0.25, -0.2) is 9.97 Å². The number of aromatic nitrogens is 2. The van der Waals surface area contributed by atoms with Gasteiger partial charge in [-0.3, -0.25) is 4.79 Å². The average molecular weight is 352 g/mol. The number of ether oxygens (including phenoxy) is 1. The lowest BCUT2D eigenvalue weighted by atomic mass is 10.0. The molecule has 1 aromatic carbocycles. The lowest BCUT2D eigenvalue weighted by Gasteiger charge is -2.20. The molecule has 1 saturated heterocycles. The molecule has 1 saturated carbocycles. The SMILES string of the molecule is CN(C)c1ncc(C(=O)N2C[C@H]3CC(Oc4ccccc4)C[C@H]3C2)cn1. The number of hydrogen-bond donors (Lipinski definition) is 0. The Hall–Kier alpha value is -2.63. The van der Waals surface area contributed by atoms with Crippen LogP contribution in [-0.4, -0.2) is 54.1 Å². The molecular weight excluding hydrogens is 328 g/mol. The van der Waals surface area contributed by atoms with E-state index in [-0.39, 0.29) is 12.0 Å². The van der Waals surface area contributed by atoms with Crippen molar-refractivity contribution in [3.63, 3.8) is 0 Å². The number of nitrogens with zero attached hydrogens (tertiary/aromatic N) is 4. The lowest BCUT2D eigenvalue weighted by molar-refractivity contribution is 0.0769. The van der Waals surface area contributed by atoms with E-state index in [0.29, 0.717) is 23.3 Å². The van der Waals surface area contributed by atoms with Crippen LogP contribution in [0.2, 0.25) is 0 Å². The first-order valence-electron chi connectivity index (χ1n) is 9.10. The number of rotatable bonds is 4. The normalized spacial score (nSPS) is 24.4. The number of hydrogen-bond acceptors (Lipinski definition) is 5. The molecule has 1 aliphatic carbocycles. The number of para-hydroxylation sites is 1. The van der Waals surface area contributed by atoms with Crippen molar-refractivity contribution in [3.8, 4) is 5.75 Å². The van der Waals surface area contributed by atoms with Crippen molar-refractivity contribution in [1.29, 1.82) is 0 Å². The van der Waals surface area contributed by atoms with Crippen molar-refractivity contribution in [3.05, 3.63) is 48.3 Å². The van der Waals surface area contributed by atoms with E-state index in [2.05, 4.69) is 9.97 Å². The van der Waals surface area contributed by atoms with E-state index in [1.165, 1.54) is 0 Å². The molecule has 1 unspecified atom stereocenters. The molecule has 4 rings (SSSR count). The molecule has 2 fully saturated rings. The van der Waals surface area contributed by atoms with Gasteiger partial charge in [-0.2, -0.15) is 0 Å². The summed E-state index contributed by atoms with van der Waals surface area (Å²) >= 11 is 0. The first-order valence-corrected chi connectivity index (χ1v) is 9.10. The van der Waals surface area contributed by atoms with Crippen LogP contribution in [0, 0.1) is 11.8 Å². The summed E-state index contributed by atoms with van der Waals surface area (Å²) in [6.07, 6.45) is 5.53. The summed E-state index contributed by atoms with van der Waals surface area (Å²) in [5.74, 6) is 2.62.